The number of fused-ring (bicyclic) bond motifs is 1. The van der Waals surface area contributed by atoms with Crippen molar-refractivity contribution in [1.82, 2.24) is 20.3 Å². The number of aryl methyl sites for hydroxylation is 1. The third kappa shape index (κ3) is 2.83. The number of hydrazone groups is 1. The molecule has 114 valence electrons. The number of nitrogens with zero attached hydrogens (tertiary/aromatic N) is 3. The third-order valence-corrected chi connectivity index (χ3v) is 3.68. The van der Waals surface area contributed by atoms with Gasteiger partial charge in [-0.15, -0.1) is 0 Å². The van der Waals surface area contributed by atoms with Crippen LogP contribution >= 0.6 is 0 Å². The van der Waals surface area contributed by atoms with Crippen LogP contribution in [0, 0.1) is 0 Å². The van der Waals surface area contributed by atoms with E-state index in [0.717, 1.165) is 16.9 Å². The molecule has 1 aliphatic heterocycles. The third-order valence-electron chi connectivity index (χ3n) is 3.68. The number of carbonyl (C=O) groups excluding carboxylic acids is 2. The second-order valence-corrected chi connectivity index (χ2v) is 5.18. The summed E-state index contributed by atoms with van der Waals surface area (Å²) in [5.41, 5.74) is 4.71. The van der Waals surface area contributed by atoms with Crippen molar-refractivity contribution in [2.24, 2.45) is 12.1 Å². The average molecular weight is 299 g/mol. The Bertz CT molecular complexity index is 762. The summed E-state index contributed by atoms with van der Waals surface area (Å²) >= 11 is 0. The molecule has 7 nitrogen and oxygen atoms in total. The predicted octanol–water partition coefficient (Wildman–Crippen LogP) is 0.498. The number of nitrogens with one attached hydrogen (secondary N) is 2. The van der Waals surface area contributed by atoms with Gasteiger partial charge in [0.1, 0.15) is 11.5 Å². The van der Waals surface area contributed by atoms with Crippen LogP contribution in [0.5, 0.6) is 0 Å². The first kappa shape index (κ1) is 14.2. The highest BCUT2D eigenvalue weighted by molar-refractivity contribution is 6.39. The summed E-state index contributed by atoms with van der Waals surface area (Å²) in [6.45, 7) is 0.475. The van der Waals surface area contributed by atoms with Gasteiger partial charge in [0.15, 0.2) is 0 Å². The Morgan fingerprint density at radius 1 is 1.36 bits per heavy atom. The molecule has 2 N–H and O–H groups in total. The van der Waals surface area contributed by atoms with Crippen molar-refractivity contribution in [3.63, 3.8) is 0 Å². The van der Waals surface area contributed by atoms with Crippen LogP contribution in [0.25, 0.3) is 11.0 Å². The van der Waals surface area contributed by atoms with E-state index >= 15 is 0 Å². The number of benzene rings is 1. The maximum atomic E-state index is 11.9. The van der Waals surface area contributed by atoms with Crippen LogP contribution < -0.4 is 10.7 Å². The van der Waals surface area contributed by atoms with Crippen LogP contribution in [0.2, 0.25) is 0 Å². The van der Waals surface area contributed by atoms with E-state index in [1.54, 1.807) is 0 Å². The Kier molecular flexibility index (Phi) is 3.86. The van der Waals surface area contributed by atoms with Crippen molar-refractivity contribution in [3.8, 4) is 0 Å². The van der Waals surface area contributed by atoms with Gasteiger partial charge in [-0.25, -0.2) is 10.4 Å². The van der Waals surface area contributed by atoms with E-state index < -0.39 is 0 Å². The monoisotopic (exact) mass is 299 g/mol. The van der Waals surface area contributed by atoms with E-state index in [1.807, 2.05) is 35.9 Å². The first-order chi connectivity index (χ1) is 10.6. The highest BCUT2D eigenvalue weighted by Crippen LogP contribution is 2.14. The summed E-state index contributed by atoms with van der Waals surface area (Å²) < 4.78 is 2.03. The molecule has 2 amide bonds. The molecule has 0 radical (unpaired) electrons. The molecule has 0 atom stereocenters. The first-order valence-electron chi connectivity index (χ1n) is 7.19. The number of carbonyl (C=O) groups is 2. The van der Waals surface area contributed by atoms with E-state index in [2.05, 4.69) is 20.8 Å². The molecule has 0 unspecified atom stereocenters. The molecule has 1 aromatic carbocycles. The fraction of sp³-hybridized carbons (Fsp3) is 0.333. The Hall–Kier alpha value is -2.70. The van der Waals surface area contributed by atoms with Gasteiger partial charge in [-0.2, -0.15) is 5.10 Å². The van der Waals surface area contributed by atoms with E-state index in [4.69, 9.17) is 0 Å². The number of hydrogen-bond donors (Lipinski definition) is 2. The van der Waals surface area contributed by atoms with Gasteiger partial charge in [0, 0.05) is 32.9 Å². The van der Waals surface area contributed by atoms with Gasteiger partial charge in [0.05, 0.1) is 11.0 Å². The summed E-state index contributed by atoms with van der Waals surface area (Å²) in [5.74, 6) is 0.524. The first-order valence-corrected chi connectivity index (χ1v) is 7.19. The van der Waals surface area contributed by atoms with Crippen molar-refractivity contribution in [2.45, 2.75) is 19.3 Å². The lowest BCUT2D eigenvalue weighted by Crippen LogP contribution is -2.37. The van der Waals surface area contributed by atoms with E-state index in [0.29, 0.717) is 31.5 Å². The summed E-state index contributed by atoms with van der Waals surface area (Å²) in [7, 11) is 1.97. The normalized spacial score (nSPS) is 14.6. The Morgan fingerprint density at radius 2 is 2.18 bits per heavy atom. The fourth-order valence-electron chi connectivity index (χ4n) is 2.45. The summed E-state index contributed by atoms with van der Waals surface area (Å²) in [4.78, 5) is 27.5. The predicted molar refractivity (Wildman–Crippen MR) is 82.2 cm³/mol. The van der Waals surface area contributed by atoms with E-state index in [1.165, 1.54) is 0 Å². The van der Waals surface area contributed by atoms with Gasteiger partial charge in [0.25, 0.3) is 5.91 Å². The molecule has 0 fully saturated rings. The number of aromatic nitrogens is 2. The Balaban J connectivity index is 1.59. The quantitative estimate of drug-likeness (QED) is 0.861. The van der Waals surface area contributed by atoms with Gasteiger partial charge >= 0.3 is 0 Å². The number of imidazole rings is 1. The van der Waals surface area contributed by atoms with Gasteiger partial charge in [-0.3, -0.25) is 9.59 Å². The van der Waals surface area contributed by atoms with E-state index in [-0.39, 0.29) is 11.8 Å². The summed E-state index contributed by atoms with van der Waals surface area (Å²) in [5, 5.41) is 6.59. The summed E-state index contributed by atoms with van der Waals surface area (Å²) in [6, 6.07) is 7.92. The highest BCUT2D eigenvalue weighted by atomic mass is 16.2. The lowest BCUT2D eigenvalue weighted by molar-refractivity contribution is -0.121. The molecule has 1 aromatic heterocycles. The maximum absolute atomic E-state index is 11.9. The molecule has 2 aromatic rings. The molecular formula is C15H17N5O2. The van der Waals surface area contributed by atoms with E-state index in [9.17, 15) is 9.59 Å². The molecule has 1 aliphatic rings. The van der Waals surface area contributed by atoms with Crippen molar-refractivity contribution in [2.75, 3.05) is 6.54 Å². The minimum absolute atomic E-state index is 0.156. The molecule has 0 aliphatic carbocycles. The van der Waals surface area contributed by atoms with Crippen molar-refractivity contribution in [3.05, 3.63) is 30.1 Å². The minimum Gasteiger partial charge on any atom is -0.350 e. The molecule has 2 heterocycles. The topological polar surface area (TPSA) is 88.4 Å². The largest absolute Gasteiger partial charge is 0.350 e. The maximum Gasteiger partial charge on any atom is 0.267 e. The van der Waals surface area contributed by atoms with Crippen LogP contribution in [-0.4, -0.2) is 33.6 Å². The molecule has 7 heteroatoms. The van der Waals surface area contributed by atoms with Gasteiger partial charge in [-0.05, 0) is 12.1 Å². The highest BCUT2D eigenvalue weighted by Gasteiger charge is 2.18. The van der Waals surface area contributed by atoms with Gasteiger partial charge < -0.3 is 9.88 Å². The minimum atomic E-state index is -0.237. The molecule has 0 saturated carbocycles. The second kappa shape index (κ2) is 5.97. The molecule has 3 rings (SSSR count). The number of rotatable bonds is 4. The van der Waals surface area contributed by atoms with Crippen molar-refractivity contribution >= 4 is 28.6 Å². The zero-order valence-electron chi connectivity index (χ0n) is 12.3. The lowest BCUT2D eigenvalue weighted by Gasteiger charge is -2.11. The molecule has 0 spiro atoms. The molecule has 0 saturated heterocycles. The van der Waals surface area contributed by atoms with Crippen LogP contribution in [0.1, 0.15) is 18.7 Å². The standard InChI is InChI=1S/C15H17N5O2/c1-20-12-5-3-2-4-10(12)17-13(20)8-9-16-15(22)11-6-7-14(21)19-18-11/h2-5H,6-9H2,1H3,(H,16,22)(H,19,21). The summed E-state index contributed by atoms with van der Waals surface area (Å²) in [6.07, 6.45) is 1.32. The van der Waals surface area contributed by atoms with Crippen LogP contribution in [0.3, 0.4) is 0 Å². The van der Waals surface area contributed by atoms with Crippen molar-refractivity contribution in [1.29, 1.82) is 0 Å². The molecule has 22 heavy (non-hydrogen) atoms. The molecular weight excluding hydrogens is 282 g/mol. The number of hydrogen-bond acceptors (Lipinski definition) is 4. The van der Waals surface area contributed by atoms with Crippen LogP contribution in [0.15, 0.2) is 29.4 Å². The smallest absolute Gasteiger partial charge is 0.267 e. The number of amides is 2. The molecule has 0 bridgehead atoms. The SMILES string of the molecule is Cn1c(CCNC(=O)C2=NNC(=O)CC2)nc2ccccc21. The van der Waals surface area contributed by atoms with Crippen molar-refractivity contribution < 1.29 is 9.59 Å². The van der Waals surface area contributed by atoms with Gasteiger partial charge in [0.2, 0.25) is 5.91 Å². The lowest BCUT2D eigenvalue weighted by atomic mass is 10.1. The van der Waals surface area contributed by atoms with Crippen LogP contribution in [-0.2, 0) is 23.1 Å². The zero-order chi connectivity index (χ0) is 15.5. The Labute approximate surface area is 127 Å². The zero-order valence-corrected chi connectivity index (χ0v) is 12.3. The average Bonchev–Trinajstić information content (AvgIpc) is 2.85. The second-order valence-electron chi connectivity index (χ2n) is 5.18. The van der Waals surface area contributed by atoms with Gasteiger partial charge in [-0.1, -0.05) is 12.1 Å². The number of para-hydroxylation sites is 2. The Morgan fingerprint density at radius 3 is 2.91 bits per heavy atom. The fourth-order valence-corrected chi connectivity index (χ4v) is 2.45. The van der Waals surface area contributed by atoms with Crippen LogP contribution in [0.4, 0.5) is 0 Å².